The first kappa shape index (κ1) is 12.1. The Bertz CT molecular complexity index is 303. The number of rotatable bonds is 5. The van der Waals surface area contributed by atoms with E-state index in [4.69, 9.17) is 4.74 Å². The summed E-state index contributed by atoms with van der Waals surface area (Å²) in [7, 11) is 1.67. The maximum absolute atomic E-state index is 9.34. The number of ether oxygens (including phenoxy) is 1. The molecular weight excluding hydrogens is 188 g/mol. The van der Waals surface area contributed by atoms with E-state index in [2.05, 4.69) is 19.9 Å². The van der Waals surface area contributed by atoms with Crippen LogP contribution in [0.25, 0.3) is 0 Å². The fraction of sp³-hybridized carbons (Fsp3) is 0.538. The minimum absolute atomic E-state index is 0.0215. The summed E-state index contributed by atoms with van der Waals surface area (Å²) in [6.07, 6.45) is 1.86. The Balaban J connectivity index is 2.79. The molecule has 0 aliphatic carbocycles. The van der Waals surface area contributed by atoms with E-state index in [0.717, 1.165) is 18.6 Å². The molecule has 2 heteroatoms. The molecule has 1 unspecified atom stereocenters. The summed E-state index contributed by atoms with van der Waals surface area (Å²) >= 11 is 0. The van der Waals surface area contributed by atoms with Gasteiger partial charge in [0.2, 0.25) is 0 Å². The van der Waals surface area contributed by atoms with E-state index < -0.39 is 0 Å². The van der Waals surface area contributed by atoms with Gasteiger partial charge in [-0.3, -0.25) is 0 Å². The zero-order chi connectivity index (χ0) is 11.3. The van der Waals surface area contributed by atoms with Crippen LogP contribution in [0.4, 0.5) is 0 Å². The van der Waals surface area contributed by atoms with Gasteiger partial charge in [0.1, 0.15) is 5.75 Å². The van der Waals surface area contributed by atoms with E-state index in [9.17, 15) is 5.11 Å². The van der Waals surface area contributed by atoms with Crippen LogP contribution in [0.1, 0.15) is 25.8 Å². The topological polar surface area (TPSA) is 29.5 Å². The molecule has 0 spiro atoms. The first-order chi connectivity index (χ1) is 7.13. The van der Waals surface area contributed by atoms with Crippen molar-refractivity contribution in [3.8, 4) is 5.75 Å². The molecule has 1 aromatic carbocycles. The number of hydrogen-bond acceptors (Lipinski definition) is 2. The number of benzene rings is 1. The van der Waals surface area contributed by atoms with Crippen molar-refractivity contribution in [3.63, 3.8) is 0 Å². The Kier molecular flexibility index (Phi) is 4.15. The summed E-state index contributed by atoms with van der Waals surface area (Å²) in [5.74, 6) is 0.879. The number of aliphatic hydroxyl groups is 1. The van der Waals surface area contributed by atoms with Crippen LogP contribution in [0, 0.1) is 5.41 Å². The van der Waals surface area contributed by atoms with Crippen LogP contribution >= 0.6 is 0 Å². The van der Waals surface area contributed by atoms with E-state index in [0.29, 0.717) is 0 Å². The van der Waals surface area contributed by atoms with Gasteiger partial charge in [-0.15, -0.1) is 0 Å². The van der Waals surface area contributed by atoms with Crippen molar-refractivity contribution in [2.45, 2.75) is 26.7 Å². The first-order valence-electron chi connectivity index (χ1n) is 5.37. The number of aliphatic hydroxyl groups excluding tert-OH is 1. The standard InChI is InChI=1S/C13H20O2/c1-4-13(2,10-14)9-11-6-5-7-12(8-11)15-3/h5-8,14H,4,9-10H2,1-3H3. The van der Waals surface area contributed by atoms with Crippen molar-refractivity contribution in [1.82, 2.24) is 0 Å². The summed E-state index contributed by atoms with van der Waals surface area (Å²) in [5, 5.41) is 9.34. The van der Waals surface area contributed by atoms with Crippen LogP contribution in [0.5, 0.6) is 5.75 Å². The molecule has 1 atom stereocenters. The fourth-order valence-corrected chi connectivity index (χ4v) is 1.57. The maximum Gasteiger partial charge on any atom is 0.119 e. The van der Waals surface area contributed by atoms with Gasteiger partial charge in [0.15, 0.2) is 0 Å². The molecule has 0 radical (unpaired) electrons. The lowest BCUT2D eigenvalue weighted by Crippen LogP contribution is -2.23. The highest BCUT2D eigenvalue weighted by Gasteiger charge is 2.21. The van der Waals surface area contributed by atoms with E-state index in [-0.39, 0.29) is 12.0 Å². The third kappa shape index (κ3) is 3.24. The Hall–Kier alpha value is -1.02. The molecule has 1 aromatic rings. The van der Waals surface area contributed by atoms with Gasteiger partial charge in [-0.25, -0.2) is 0 Å². The molecule has 0 saturated carbocycles. The van der Waals surface area contributed by atoms with Gasteiger partial charge in [0.05, 0.1) is 7.11 Å². The summed E-state index contributed by atoms with van der Waals surface area (Å²) in [6.45, 7) is 4.43. The molecule has 15 heavy (non-hydrogen) atoms. The Morgan fingerprint density at radius 3 is 2.67 bits per heavy atom. The Morgan fingerprint density at radius 2 is 2.13 bits per heavy atom. The van der Waals surface area contributed by atoms with Crippen LogP contribution in [0.15, 0.2) is 24.3 Å². The van der Waals surface area contributed by atoms with Crippen molar-refractivity contribution < 1.29 is 9.84 Å². The summed E-state index contributed by atoms with van der Waals surface area (Å²) in [6, 6.07) is 8.03. The molecular formula is C13H20O2. The average Bonchev–Trinajstić information content (AvgIpc) is 2.29. The normalized spacial score (nSPS) is 14.7. The van der Waals surface area contributed by atoms with Gasteiger partial charge in [-0.2, -0.15) is 0 Å². The molecule has 0 fully saturated rings. The Morgan fingerprint density at radius 1 is 1.40 bits per heavy atom. The zero-order valence-corrected chi connectivity index (χ0v) is 9.79. The summed E-state index contributed by atoms with van der Waals surface area (Å²) in [4.78, 5) is 0. The van der Waals surface area contributed by atoms with Gasteiger partial charge < -0.3 is 9.84 Å². The maximum atomic E-state index is 9.34. The molecule has 0 amide bonds. The SMILES string of the molecule is CCC(C)(CO)Cc1cccc(OC)c1. The highest BCUT2D eigenvalue weighted by atomic mass is 16.5. The van der Waals surface area contributed by atoms with Gasteiger partial charge >= 0.3 is 0 Å². The van der Waals surface area contributed by atoms with E-state index >= 15 is 0 Å². The lowest BCUT2D eigenvalue weighted by Gasteiger charge is -2.25. The van der Waals surface area contributed by atoms with Crippen molar-refractivity contribution >= 4 is 0 Å². The van der Waals surface area contributed by atoms with Gasteiger partial charge in [0.25, 0.3) is 0 Å². The van der Waals surface area contributed by atoms with Crippen molar-refractivity contribution in [2.75, 3.05) is 13.7 Å². The molecule has 0 aliphatic rings. The molecule has 84 valence electrons. The van der Waals surface area contributed by atoms with Crippen molar-refractivity contribution in [1.29, 1.82) is 0 Å². The third-order valence-corrected chi connectivity index (χ3v) is 3.00. The quantitative estimate of drug-likeness (QED) is 0.806. The monoisotopic (exact) mass is 208 g/mol. The molecule has 0 bridgehead atoms. The van der Waals surface area contributed by atoms with Gasteiger partial charge in [0, 0.05) is 6.61 Å². The minimum Gasteiger partial charge on any atom is -0.497 e. The smallest absolute Gasteiger partial charge is 0.119 e. The van der Waals surface area contributed by atoms with Crippen molar-refractivity contribution in [3.05, 3.63) is 29.8 Å². The third-order valence-electron chi connectivity index (χ3n) is 3.00. The Labute approximate surface area is 91.9 Å². The van der Waals surface area contributed by atoms with Crippen LogP contribution in [-0.4, -0.2) is 18.8 Å². The lowest BCUT2D eigenvalue weighted by molar-refractivity contribution is 0.137. The molecule has 0 heterocycles. The second kappa shape index (κ2) is 5.17. The van der Waals surface area contributed by atoms with Crippen molar-refractivity contribution in [2.24, 2.45) is 5.41 Å². The van der Waals surface area contributed by atoms with Crippen LogP contribution < -0.4 is 4.74 Å². The zero-order valence-electron chi connectivity index (χ0n) is 9.79. The molecule has 2 nitrogen and oxygen atoms in total. The molecule has 0 saturated heterocycles. The van der Waals surface area contributed by atoms with Gasteiger partial charge in [-0.1, -0.05) is 26.0 Å². The van der Waals surface area contributed by atoms with E-state index in [1.54, 1.807) is 7.11 Å². The van der Waals surface area contributed by atoms with Crippen LogP contribution in [0.2, 0.25) is 0 Å². The van der Waals surface area contributed by atoms with E-state index in [1.807, 2.05) is 18.2 Å². The predicted molar refractivity (Wildman–Crippen MR) is 62.2 cm³/mol. The number of hydrogen-bond donors (Lipinski definition) is 1. The van der Waals surface area contributed by atoms with Crippen LogP contribution in [0.3, 0.4) is 0 Å². The number of methoxy groups -OCH3 is 1. The second-order valence-electron chi connectivity index (χ2n) is 4.35. The molecule has 0 aliphatic heterocycles. The van der Waals surface area contributed by atoms with Crippen LogP contribution in [-0.2, 0) is 6.42 Å². The largest absolute Gasteiger partial charge is 0.497 e. The fourth-order valence-electron chi connectivity index (χ4n) is 1.57. The summed E-state index contributed by atoms with van der Waals surface area (Å²) < 4.78 is 5.17. The lowest BCUT2D eigenvalue weighted by atomic mass is 9.82. The predicted octanol–water partition coefficient (Wildman–Crippen LogP) is 2.65. The highest BCUT2D eigenvalue weighted by Crippen LogP contribution is 2.27. The first-order valence-corrected chi connectivity index (χ1v) is 5.37. The van der Waals surface area contributed by atoms with E-state index in [1.165, 1.54) is 5.56 Å². The highest BCUT2D eigenvalue weighted by molar-refractivity contribution is 5.29. The molecule has 1 rings (SSSR count). The summed E-state index contributed by atoms with van der Waals surface area (Å²) in [5.41, 5.74) is 1.19. The molecule has 0 aromatic heterocycles. The molecule has 1 N–H and O–H groups in total. The minimum atomic E-state index is -0.0215. The second-order valence-corrected chi connectivity index (χ2v) is 4.35. The van der Waals surface area contributed by atoms with Gasteiger partial charge in [-0.05, 0) is 36.0 Å². The average molecular weight is 208 g/mol.